The number of hydrogen-bond donors (Lipinski definition) is 1. The summed E-state index contributed by atoms with van der Waals surface area (Å²) in [5.41, 5.74) is 2.44. The summed E-state index contributed by atoms with van der Waals surface area (Å²) in [6, 6.07) is 19.2. The third-order valence-corrected chi connectivity index (χ3v) is 4.43. The average Bonchev–Trinajstić information content (AvgIpc) is 2.91. The van der Waals surface area contributed by atoms with Crippen LogP contribution in [0.5, 0.6) is 5.75 Å². The largest absolute Gasteiger partial charge is 0.506 e. The summed E-state index contributed by atoms with van der Waals surface area (Å²) in [5.74, 6) is -0.0365. The highest BCUT2D eigenvalue weighted by Gasteiger charge is 2.10. The summed E-state index contributed by atoms with van der Waals surface area (Å²) in [6.07, 6.45) is 1.56. The lowest BCUT2D eigenvalue weighted by atomic mass is 10.2. The molecule has 0 bridgehead atoms. The Morgan fingerprint density at radius 1 is 0.875 bits per heavy atom. The maximum atomic E-state index is 10.1. The van der Waals surface area contributed by atoms with Crippen molar-refractivity contribution in [2.24, 2.45) is 5.10 Å². The van der Waals surface area contributed by atoms with Gasteiger partial charge in [0.25, 0.3) is 0 Å². The molecular formula is C19H12Cl2N2O. The number of hydrogen-bond acceptors (Lipinski definition) is 2. The van der Waals surface area contributed by atoms with E-state index in [1.54, 1.807) is 12.3 Å². The molecule has 0 atom stereocenters. The molecule has 0 aliphatic carbocycles. The number of phenolic OH excluding ortho intramolecular Hbond substituents is 1. The van der Waals surface area contributed by atoms with E-state index in [1.165, 1.54) is 6.07 Å². The van der Waals surface area contributed by atoms with Crippen LogP contribution in [0.1, 0.15) is 5.56 Å². The van der Waals surface area contributed by atoms with E-state index in [0.29, 0.717) is 10.6 Å². The molecule has 0 unspecified atom stereocenters. The Morgan fingerprint density at radius 3 is 2.08 bits per heavy atom. The van der Waals surface area contributed by atoms with Crippen molar-refractivity contribution in [2.45, 2.75) is 0 Å². The fraction of sp³-hybridized carbons (Fsp3) is 0. The van der Waals surface area contributed by atoms with Crippen molar-refractivity contribution in [3.63, 3.8) is 0 Å². The number of para-hydroxylation sites is 2. The van der Waals surface area contributed by atoms with Gasteiger partial charge < -0.3 is 5.11 Å². The topological polar surface area (TPSA) is 37.5 Å². The van der Waals surface area contributed by atoms with Gasteiger partial charge in [0, 0.05) is 21.4 Å². The highest BCUT2D eigenvalue weighted by molar-refractivity contribution is 6.36. The molecule has 1 aromatic heterocycles. The van der Waals surface area contributed by atoms with Crippen LogP contribution in [0.25, 0.3) is 21.8 Å². The van der Waals surface area contributed by atoms with Gasteiger partial charge in [0.05, 0.1) is 22.3 Å². The quantitative estimate of drug-likeness (QED) is 0.461. The predicted molar refractivity (Wildman–Crippen MR) is 101 cm³/mol. The minimum absolute atomic E-state index is 0.0365. The molecular weight excluding hydrogens is 343 g/mol. The van der Waals surface area contributed by atoms with Crippen LogP contribution >= 0.6 is 23.2 Å². The summed E-state index contributed by atoms with van der Waals surface area (Å²) in [5, 5.41) is 17.5. The lowest BCUT2D eigenvalue weighted by Crippen LogP contribution is -1.91. The third kappa shape index (κ3) is 2.42. The van der Waals surface area contributed by atoms with E-state index in [0.717, 1.165) is 21.8 Å². The summed E-state index contributed by atoms with van der Waals surface area (Å²) < 4.78 is 1.85. The molecule has 3 nitrogen and oxygen atoms in total. The molecule has 5 heteroatoms. The highest BCUT2D eigenvalue weighted by Crippen LogP contribution is 2.31. The fourth-order valence-corrected chi connectivity index (χ4v) is 3.34. The van der Waals surface area contributed by atoms with E-state index in [9.17, 15) is 5.11 Å². The van der Waals surface area contributed by atoms with Gasteiger partial charge in [-0.15, -0.1) is 0 Å². The zero-order valence-corrected chi connectivity index (χ0v) is 14.0. The Hall–Kier alpha value is -2.49. The number of aromatic nitrogens is 1. The van der Waals surface area contributed by atoms with E-state index >= 15 is 0 Å². The monoisotopic (exact) mass is 354 g/mol. The first-order valence-corrected chi connectivity index (χ1v) is 8.11. The molecule has 4 rings (SSSR count). The lowest BCUT2D eigenvalue weighted by Gasteiger charge is -2.03. The molecule has 0 fully saturated rings. The molecule has 3 aromatic carbocycles. The molecule has 0 saturated carbocycles. The first kappa shape index (κ1) is 15.1. The van der Waals surface area contributed by atoms with E-state index in [-0.39, 0.29) is 10.8 Å². The zero-order chi connectivity index (χ0) is 16.7. The molecule has 118 valence electrons. The van der Waals surface area contributed by atoms with E-state index in [2.05, 4.69) is 17.2 Å². The molecule has 1 heterocycles. The van der Waals surface area contributed by atoms with Crippen molar-refractivity contribution in [2.75, 3.05) is 0 Å². The normalized spacial score (nSPS) is 11.8. The number of aromatic hydroxyl groups is 1. The smallest absolute Gasteiger partial charge is 0.143 e. The summed E-state index contributed by atoms with van der Waals surface area (Å²) in [6.45, 7) is 0. The standard InChI is InChI=1S/C19H12Cl2N2O/c20-13-9-12(19(24)16(21)10-13)11-22-23-17-7-3-1-5-14(17)15-6-2-4-8-18(15)23/h1-11,24H/b22-11+. The van der Waals surface area contributed by atoms with Gasteiger partial charge in [0.2, 0.25) is 0 Å². The maximum absolute atomic E-state index is 10.1. The number of halogens is 2. The summed E-state index contributed by atoms with van der Waals surface area (Å²) in [7, 11) is 0. The molecule has 0 radical (unpaired) electrons. The molecule has 24 heavy (non-hydrogen) atoms. The molecule has 0 saturated heterocycles. The Bertz CT molecular complexity index is 1050. The van der Waals surface area contributed by atoms with Gasteiger partial charge in [-0.1, -0.05) is 59.6 Å². The Balaban J connectivity index is 1.94. The van der Waals surface area contributed by atoms with Crippen LogP contribution in [0.4, 0.5) is 0 Å². The van der Waals surface area contributed by atoms with Crippen molar-refractivity contribution in [1.29, 1.82) is 0 Å². The molecule has 0 aliphatic rings. The van der Waals surface area contributed by atoms with Gasteiger partial charge in [-0.05, 0) is 24.3 Å². The van der Waals surface area contributed by atoms with Crippen LogP contribution in [0.2, 0.25) is 10.0 Å². The van der Waals surface area contributed by atoms with Crippen LogP contribution in [0.15, 0.2) is 65.8 Å². The predicted octanol–water partition coefficient (Wildman–Crippen LogP) is 5.69. The van der Waals surface area contributed by atoms with Gasteiger partial charge >= 0.3 is 0 Å². The Kier molecular flexibility index (Phi) is 3.68. The third-order valence-electron chi connectivity index (χ3n) is 3.92. The lowest BCUT2D eigenvalue weighted by molar-refractivity contribution is 0.474. The van der Waals surface area contributed by atoms with Crippen molar-refractivity contribution < 1.29 is 5.11 Å². The number of fused-ring (bicyclic) bond motifs is 3. The highest BCUT2D eigenvalue weighted by atomic mass is 35.5. The Labute approximate surface area is 148 Å². The van der Waals surface area contributed by atoms with Gasteiger partial charge in [0.1, 0.15) is 5.75 Å². The first-order valence-electron chi connectivity index (χ1n) is 7.36. The fourth-order valence-electron chi connectivity index (χ4n) is 2.83. The van der Waals surface area contributed by atoms with Crippen LogP contribution in [-0.2, 0) is 0 Å². The summed E-state index contributed by atoms with van der Waals surface area (Å²) in [4.78, 5) is 0. The van der Waals surface area contributed by atoms with E-state index in [4.69, 9.17) is 23.2 Å². The van der Waals surface area contributed by atoms with Gasteiger partial charge in [-0.3, -0.25) is 0 Å². The number of phenols is 1. The van der Waals surface area contributed by atoms with Crippen LogP contribution in [-0.4, -0.2) is 16.0 Å². The van der Waals surface area contributed by atoms with Crippen LogP contribution < -0.4 is 0 Å². The second-order valence-corrected chi connectivity index (χ2v) is 6.26. The Morgan fingerprint density at radius 2 is 1.46 bits per heavy atom. The molecule has 0 amide bonds. The zero-order valence-electron chi connectivity index (χ0n) is 12.4. The number of benzene rings is 3. The van der Waals surface area contributed by atoms with Crippen molar-refractivity contribution in [3.8, 4) is 5.75 Å². The molecule has 1 N–H and O–H groups in total. The second-order valence-electron chi connectivity index (χ2n) is 5.42. The number of rotatable bonds is 2. The van der Waals surface area contributed by atoms with Crippen molar-refractivity contribution in [1.82, 2.24) is 4.68 Å². The van der Waals surface area contributed by atoms with Crippen molar-refractivity contribution in [3.05, 3.63) is 76.3 Å². The van der Waals surface area contributed by atoms with E-state index < -0.39 is 0 Å². The molecule has 0 aliphatic heterocycles. The van der Waals surface area contributed by atoms with E-state index in [1.807, 2.05) is 41.1 Å². The maximum Gasteiger partial charge on any atom is 0.143 e. The second kappa shape index (κ2) is 5.86. The number of nitrogens with zero attached hydrogens (tertiary/aromatic N) is 2. The minimum atomic E-state index is -0.0365. The van der Waals surface area contributed by atoms with Gasteiger partial charge in [0.15, 0.2) is 0 Å². The summed E-state index contributed by atoms with van der Waals surface area (Å²) >= 11 is 12.0. The minimum Gasteiger partial charge on any atom is -0.506 e. The average molecular weight is 355 g/mol. The molecule has 4 aromatic rings. The van der Waals surface area contributed by atoms with Crippen molar-refractivity contribution >= 4 is 51.2 Å². The molecule has 0 spiro atoms. The SMILES string of the molecule is Oc1c(Cl)cc(Cl)cc1/C=N/n1c2ccccc2c2ccccc21. The first-order chi connectivity index (χ1) is 11.6. The van der Waals surface area contributed by atoms with Gasteiger partial charge in [-0.25, -0.2) is 4.68 Å². The van der Waals surface area contributed by atoms with Gasteiger partial charge in [-0.2, -0.15) is 5.10 Å². The van der Waals surface area contributed by atoms with Crippen LogP contribution in [0, 0.1) is 0 Å². The van der Waals surface area contributed by atoms with Crippen LogP contribution in [0.3, 0.4) is 0 Å².